The molecular weight excluding hydrogens is 588 g/mol. The van der Waals surface area contributed by atoms with Crippen LogP contribution in [0.15, 0.2) is 48.8 Å². The minimum atomic E-state index is 0.523. The summed E-state index contributed by atoms with van der Waals surface area (Å²) in [6.07, 6.45) is 15.7. The maximum absolute atomic E-state index is 10.9. The molecule has 4 aromatic rings. The van der Waals surface area contributed by atoms with Crippen LogP contribution < -0.4 is 18.9 Å². The number of aromatic nitrogens is 6. The van der Waals surface area contributed by atoms with Gasteiger partial charge in [-0.15, -0.1) is 10.2 Å². The standard InChI is InChI=1S/C34H44N6O6/c1-43-33-21-27(25-41)13-15-31(33)45-19-9-11-29-23-39(37-35-29)17-7-5-3-4-6-8-18-40-24-30(36-38-40)12-10-20-46-32-16-14-28(26-42)22-34(32)44-2/h13-16,21-26H,3-12,17-20H2,1-2H3. The average molecular weight is 633 g/mol. The number of carbonyl (C=O) groups excluding carboxylic acids is 2. The predicted octanol–water partition coefficient (Wildman–Crippen LogP) is 5.58. The van der Waals surface area contributed by atoms with Crippen LogP contribution in [0.5, 0.6) is 23.0 Å². The monoisotopic (exact) mass is 632 g/mol. The second-order valence-corrected chi connectivity index (χ2v) is 11.0. The summed E-state index contributed by atoms with van der Waals surface area (Å²) in [6.45, 7) is 2.79. The molecule has 0 fully saturated rings. The molecule has 0 aliphatic rings. The molecule has 46 heavy (non-hydrogen) atoms. The average Bonchev–Trinajstić information content (AvgIpc) is 3.75. The van der Waals surface area contributed by atoms with Crippen LogP contribution in [0.1, 0.15) is 83.5 Å². The number of hydrogen-bond acceptors (Lipinski definition) is 10. The molecule has 0 aliphatic carbocycles. The normalized spacial score (nSPS) is 10.9. The van der Waals surface area contributed by atoms with Crippen LogP contribution in [0.2, 0.25) is 0 Å². The number of carbonyl (C=O) groups is 2. The number of benzene rings is 2. The van der Waals surface area contributed by atoms with E-state index in [-0.39, 0.29) is 0 Å². The van der Waals surface area contributed by atoms with Crippen molar-refractivity contribution >= 4 is 12.6 Å². The van der Waals surface area contributed by atoms with Gasteiger partial charge in [0.2, 0.25) is 0 Å². The van der Waals surface area contributed by atoms with Gasteiger partial charge in [-0.05, 0) is 74.9 Å². The molecule has 0 spiro atoms. The van der Waals surface area contributed by atoms with Crippen molar-refractivity contribution in [2.24, 2.45) is 0 Å². The van der Waals surface area contributed by atoms with E-state index in [1.54, 1.807) is 50.6 Å². The Morgan fingerprint density at radius 3 is 1.43 bits per heavy atom. The highest BCUT2D eigenvalue weighted by atomic mass is 16.5. The quantitative estimate of drug-likeness (QED) is 0.0754. The highest BCUT2D eigenvalue weighted by Crippen LogP contribution is 2.28. The Balaban J connectivity index is 1.00. The largest absolute Gasteiger partial charge is 0.493 e. The van der Waals surface area contributed by atoms with E-state index in [1.807, 2.05) is 21.8 Å². The number of methoxy groups -OCH3 is 2. The van der Waals surface area contributed by atoms with Crippen molar-refractivity contribution in [1.29, 1.82) is 0 Å². The SMILES string of the molecule is COc1cc(C=O)ccc1OCCCc1cn(CCCCCCCCn2cc(CCCOc3ccc(C=O)cc3OC)nn2)nn1. The molecule has 0 radical (unpaired) electrons. The molecule has 12 heteroatoms. The zero-order valence-corrected chi connectivity index (χ0v) is 26.8. The third-order valence-corrected chi connectivity index (χ3v) is 7.51. The topological polar surface area (TPSA) is 132 Å². The van der Waals surface area contributed by atoms with Gasteiger partial charge in [0.1, 0.15) is 12.6 Å². The van der Waals surface area contributed by atoms with E-state index in [9.17, 15) is 9.59 Å². The molecule has 0 aliphatic heterocycles. The summed E-state index contributed by atoms with van der Waals surface area (Å²) in [5.41, 5.74) is 3.02. The lowest BCUT2D eigenvalue weighted by Gasteiger charge is -2.10. The zero-order chi connectivity index (χ0) is 32.4. The van der Waals surface area contributed by atoms with Gasteiger partial charge < -0.3 is 18.9 Å². The molecule has 0 bridgehead atoms. The van der Waals surface area contributed by atoms with Gasteiger partial charge in [-0.3, -0.25) is 19.0 Å². The van der Waals surface area contributed by atoms with Crippen molar-refractivity contribution in [1.82, 2.24) is 30.0 Å². The van der Waals surface area contributed by atoms with Gasteiger partial charge in [0.25, 0.3) is 0 Å². The van der Waals surface area contributed by atoms with E-state index in [2.05, 4.69) is 20.6 Å². The van der Waals surface area contributed by atoms with Crippen molar-refractivity contribution in [3.05, 3.63) is 71.3 Å². The van der Waals surface area contributed by atoms with Gasteiger partial charge in [-0.2, -0.15) is 0 Å². The number of ether oxygens (including phenoxy) is 4. The fourth-order valence-electron chi connectivity index (χ4n) is 5.00. The van der Waals surface area contributed by atoms with E-state index < -0.39 is 0 Å². The summed E-state index contributed by atoms with van der Waals surface area (Å²) in [5.74, 6) is 2.36. The van der Waals surface area contributed by atoms with Crippen LogP contribution in [0.3, 0.4) is 0 Å². The van der Waals surface area contributed by atoms with E-state index in [1.165, 1.54) is 12.8 Å². The lowest BCUT2D eigenvalue weighted by molar-refractivity contribution is 0.111. The van der Waals surface area contributed by atoms with Crippen molar-refractivity contribution in [3.8, 4) is 23.0 Å². The van der Waals surface area contributed by atoms with Crippen LogP contribution in [0.25, 0.3) is 0 Å². The second-order valence-electron chi connectivity index (χ2n) is 11.0. The van der Waals surface area contributed by atoms with E-state index in [0.717, 1.165) is 88.4 Å². The molecule has 0 atom stereocenters. The number of unbranched alkanes of at least 4 members (excludes halogenated alkanes) is 5. The van der Waals surface area contributed by atoms with Crippen molar-refractivity contribution in [3.63, 3.8) is 0 Å². The van der Waals surface area contributed by atoms with Crippen LogP contribution in [-0.4, -0.2) is 70.0 Å². The molecule has 246 valence electrons. The van der Waals surface area contributed by atoms with Gasteiger partial charge >= 0.3 is 0 Å². The molecule has 0 N–H and O–H groups in total. The minimum Gasteiger partial charge on any atom is -0.493 e. The van der Waals surface area contributed by atoms with Crippen molar-refractivity contribution in [2.45, 2.75) is 77.3 Å². The Morgan fingerprint density at radius 2 is 1.02 bits per heavy atom. The fraction of sp³-hybridized carbons (Fsp3) is 0.471. The van der Waals surface area contributed by atoms with Gasteiger partial charge in [-0.25, -0.2) is 0 Å². The Kier molecular flexibility index (Phi) is 14.0. The maximum atomic E-state index is 10.9. The lowest BCUT2D eigenvalue weighted by atomic mass is 10.1. The predicted molar refractivity (Wildman–Crippen MR) is 172 cm³/mol. The van der Waals surface area contributed by atoms with Crippen LogP contribution in [0, 0.1) is 0 Å². The molecule has 0 saturated carbocycles. The Labute approximate surface area is 270 Å². The molecule has 2 aromatic heterocycles. The zero-order valence-electron chi connectivity index (χ0n) is 26.8. The Bertz CT molecular complexity index is 1390. The molecule has 4 rings (SSSR count). The summed E-state index contributed by atoms with van der Waals surface area (Å²) in [5, 5.41) is 17.1. The molecule has 2 heterocycles. The first-order valence-corrected chi connectivity index (χ1v) is 15.9. The lowest BCUT2D eigenvalue weighted by Crippen LogP contribution is -2.02. The molecule has 0 amide bonds. The summed E-state index contributed by atoms with van der Waals surface area (Å²) >= 11 is 0. The summed E-state index contributed by atoms with van der Waals surface area (Å²) in [4.78, 5) is 21.9. The first-order chi connectivity index (χ1) is 22.6. The highest BCUT2D eigenvalue weighted by molar-refractivity contribution is 5.76. The van der Waals surface area contributed by atoms with Gasteiger partial charge in [-0.1, -0.05) is 36.1 Å². The second kappa shape index (κ2) is 18.9. The fourth-order valence-corrected chi connectivity index (χ4v) is 5.00. The summed E-state index contributed by atoms with van der Waals surface area (Å²) in [6, 6.07) is 10.3. The van der Waals surface area contributed by atoms with Crippen molar-refractivity contribution < 1.29 is 28.5 Å². The summed E-state index contributed by atoms with van der Waals surface area (Å²) in [7, 11) is 3.12. The number of aryl methyl sites for hydroxylation is 4. The number of hydrogen-bond donors (Lipinski definition) is 0. The first-order valence-electron chi connectivity index (χ1n) is 15.9. The van der Waals surface area contributed by atoms with E-state index in [4.69, 9.17) is 18.9 Å². The number of aldehydes is 2. The van der Waals surface area contributed by atoms with Crippen LogP contribution in [0.4, 0.5) is 0 Å². The smallest absolute Gasteiger partial charge is 0.161 e. The third-order valence-electron chi connectivity index (χ3n) is 7.51. The third kappa shape index (κ3) is 11.0. The first kappa shape index (κ1) is 34.1. The van der Waals surface area contributed by atoms with Gasteiger partial charge in [0.15, 0.2) is 23.0 Å². The van der Waals surface area contributed by atoms with Crippen LogP contribution in [-0.2, 0) is 25.9 Å². The minimum absolute atomic E-state index is 0.523. The van der Waals surface area contributed by atoms with E-state index >= 15 is 0 Å². The maximum Gasteiger partial charge on any atom is 0.161 e. The van der Waals surface area contributed by atoms with Gasteiger partial charge in [0, 0.05) is 36.6 Å². The highest BCUT2D eigenvalue weighted by Gasteiger charge is 2.08. The number of nitrogens with zero attached hydrogens (tertiary/aromatic N) is 6. The van der Waals surface area contributed by atoms with Crippen LogP contribution >= 0.6 is 0 Å². The molecule has 0 saturated heterocycles. The summed E-state index contributed by atoms with van der Waals surface area (Å²) < 4.78 is 26.1. The Hall–Kier alpha value is -4.74. The van der Waals surface area contributed by atoms with Gasteiger partial charge in [0.05, 0.1) is 38.8 Å². The molecule has 2 aromatic carbocycles. The number of rotatable bonds is 23. The van der Waals surface area contributed by atoms with Crippen molar-refractivity contribution in [2.75, 3.05) is 27.4 Å². The molecular formula is C34H44N6O6. The molecule has 0 unspecified atom stereocenters. The van der Waals surface area contributed by atoms with E-state index in [0.29, 0.717) is 47.3 Å². The molecule has 12 nitrogen and oxygen atoms in total. The Morgan fingerprint density at radius 1 is 0.587 bits per heavy atom.